The van der Waals surface area contributed by atoms with Gasteiger partial charge in [0.2, 0.25) is 0 Å². The fraction of sp³-hybridized carbons (Fsp3) is 0.929. The molecule has 0 aliphatic rings. The maximum Gasteiger partial charge on any atom is 0.323 e. The van der Waals surface area contributed by atoms with E-state index in [0.29, 0.717) is 18.7 Å². The minimum absolute atomic E-state index is 0.138. The Balaban J connectivity index is 4.09. The highest BCUT2D eigenvalue weighted by atomic mass is 16.5. The Bertz CT molecular complexity index is 222. The van der Waals surface area contributed by atoms with Gasteiger partial charge in [0.15, 0.2) is 0 Å². The quantitative estimate of drug-likeness (QED) is 0.643. The lowest BCUT2D eigenvalue weighted by Crippen LogP contribution is -2.45. The van der Waals surface area contributed by atoms with Crippen LogP contribution in [-0.2, 0) is 9.53 Å². The number of nitrogens with zero attached hydrogens (tertiary/aromatic N) is 1. The number of nitrogens with one attached hydrogen (secondary N) is 1. The molecule has 1 N–H and O–H groups in total. The average molecular weight is 258 g/mol. The molecule has 0 saturated carbocycles. The molecule has 0 amide bonds. The molecule has 0 heterocycles. The van der Waals surface area contributed by atoms with Gasteiger partial charge in [-0.15, -0.1) is 0 Å². The van der Waals surface area contributed by atoms with E-state index in [1.165, 1.54) is 0 Å². The summed E-state index contributed by atoms with van der Waals surface area (Å²) in [5.74, 6) is -0.138. The van der Waals surface area contributed by atoms with Crippen molar-refractivity contribution in [2.24, 2.45) is 0 Å². The molecule has 0 rings (SSSR count). The van der Waals surface area contributed by atoms with Crippen molar-refractivity contribution in [2.75, 3.05) is 19.7 Å². The van der Waals surface area contributed by atoms with Crippen LogP contribution in [0, 0.1) is 0 Å². The molecule has 0 fully saturated rings. The van der Waals surface area contributed by atoms with Crippen LogP contribution in [0.3, 0.4) is 0 Å². The summed E-state index contributed by atoms with van der Waals surface area (Å²) in [5.41, 5.74) is 0. The number of carbonyl (C=O) groups is 1. The molecule has 18 heavy (non-hydrogen) atoms. The van der Waals surface area contributed by atoms with Crippen LogP contribution in [0.5, 0.6) is 0 Å². The average Bonchev–Trinajstić information content (AvgIpc) is 2.28. The van der Waals surface area contributed by atoms with Gasteiger partial charge in [-0.2, -0.15) is 0 Å². The van der Waals surface area contributed by atoms with E-state index in [1.807, 2.05) is 13.8 Å². The lowest BCUT2D eigenvalue weighted by atomic mass is 10.2. The van der Waals surface area contributed by atoms with Crippen LogP contribution >= 0.6 is 0 Å². The molecule has 0 aromatic rings. The Kier molecular flexibility index (Phi) is 9.02. The fourth-order valence-corrected chi connectivity index (χ4v) is 2.12. The zero-order valence-corrected chi connectivity index (χ0v) is 12.8. The summed E-state index contributed by atoms with van der Waals surface area (Å²) in [6.07, 6.45) is 0.766. The summed E-state index contributed by atoms with van der Waals surface area (Å²) < 4.78 is 5.03. The van der Waals surface area contributed by atoms with Gasteiger partial charge in [-0.3, -0.25) is 9.69 Å². The summed E-state index contributed by atoms with van der Waals surface area (Å²) in [5, 5.41) is 3.28. The third-order valence-electron chi connectivity index (χ3n) is 3.07. The van der Waals surface area contributed by atoms with Crippen LogP contribution in [0.2, 0.25) is 0 Å². The molecule has 0 saturated heterocycles. The SMILES string of the molecule is CCOC(=O)C(CC)NCCN(C(C)C)C(C)C. The first-order valence-corrected chi connectivity index (χ1v) is 7.09. The topological polar surface area (TPSA) is 41.6 Å². The molecule has 1 atom stereocenters. The van der Waals surface area contributed by atoms with Crippen LogP contribution in [0.1, 0.15) is 48.0 Å². The highest BCUT2D eigenvalue weighted by Gasteiger charge is 2.18. The normalized spacial score (nSPS) is 13.4. The van der Waals surface area contributed by atoms with E-state index < -0.39 is 0 Å². The molecule has 1 unspecified atom stereocenters. The Labute approximate surface area is 112 Å². The zero-order valence-electron chi connectivity index (χ0n) is 12.8. The van der Waals surface area contributed by atoms with Crippen molar-refractivity contribution >= 4 is 5.97 Å². The Morgan fingerprint density at radius 3 is 2.11 bits per heavy atom. The minimum atomic E-state index is -0.175. The van der Waals surface area contributed by atoms with Gasteiger partial charge in [0.25, 0.3) is 0 Å². The lowest BCUT2D eigenvalue weighted by molar-refractivity contribution is -0.145. The lowest BCUT2D eigenvalue weighted by Gasteiger charge is -2.31. The molecular weight excluding hydrogens is 228 g/mol. The summed E-state index contributed by atoms with van der Waals surface area (Å²) in [7, 11) is 0. The van der Waals surface area contributed by atoms with Crippen LogP contribution in [-0.4, -0.2) is 48.7 Å². The molecular formula is C14H30N2O2. The van der Waals surface area contributed by atoms with Crippen LogP contribution < -0.4 is 5.32 Å². The largest absolute Gasteiger partial charge is 0.465 e. The molecule has 0 aliphatic heterocycles. The smallest absolute Gasteiger partial charge is 0.323 e. The molecule has 0 radical (unpaired) electrons. The predicted molar refractivity (Wildman–Crippen MR) is 75.7 cm³/mol. The molecule has 108 valence electrons. The molecule has 4 nitrogen and oxygen atoms in total. The van der Waals surface area contributed by atoms with Crippen LogP contribution in [0.25, 0.3) is 0 Å². The molecule has 0 bridgehead atoms. The van der Waals surface area contributed by atoms with Crippen molar-refractivity contribution in [3.63, 3.8) is 0 Å². The third kappa shape index (κ3) is 6.36. The van der Waals surface area contributed by atoms with Gasteiger partial charge in [0, 0.05) is 25.2 Å². The van der Waals surface area contributed by atoms with Gasteiger partial charge < -0.3 is 10.1 Å². The molecule has 0 aromatic carbocycles. The first-order chi connectivity index (χ1) is 8.43. The van der Waals surface area contributed by atoms with Gasteiger partial charge in [-0.25, -0.2) is 0 Å². The number of carbonyl (C=O) groups excluding carboxylic acids is 1. The van der Waals surface area contributed by atoms with Crippen molar-refractivity contribution in [3.05, 3.63) is 0 Å². The van der Waals surface area contributed by atoms with Crippen molar-refractivity contribution in [1.29, 1.82) is 0 Å². The minimum Gasteiger partial charge on any atom is -0.465 e. The number of esters is 1. The second-order valence-corrected chi connectivity index (χ2v) is 5.09. The van der Waals surface area contributed by atoms with E-state index >= 15 is 0 Å². The summed E-state index contributed by atoms with van der Waals surface area (Å²) in [4.78, 5) is 14.0. The predicted octanol–water partition coefficient (Wildman–Crippen LogP) is 2.04. The molecule has 0 aliphatic carbocycles. The second kappa shape index (κ2) is 9.34. The van der Waals surface area contributed by atoms with Crippen molar-refractivity contribution in [3.8, 4) is 0 Å². The number of ether oxygens (including phenoxy) is 1. The van der Waals surface area contributed by atoms with E-state index in [4.69, 9.17) is 4.74 Å². The van der Waals surface area contributed by atoms with Crippen LogP contribution in [0.4, 0.5) is 0 Å². The molecule has 0 aromatic heterocycles. The standard InChI is InChI=1S/C14H30N2O2/c1-7-13(14(17)18-8-2)15-9-10-16(11(3)4)12(5)6/h11-13,15H,7-10H2,1-6H3. The highest BCUT2D eigenvalue weighted by Crippen LogP contribution is 2.04. The number of hydrogen-bond acceptors (Lipinski definition) is 4. The van der Waals surface area contributed by atoms with Crippen molar-refractivity contribution in [2.45, 2.75) is 66.1 Å². The van der Waals surface area contributed by atoms with Gasteiger partial charge >= 0.3 is 5.97 Å². The zero-order chi connectivity index (χ0) is 14.1. The number of rotatable bonds is 9. The van der Waals surface area contributed by atoms with Gasteiger partial charge in [-0.1, -0.05) is 6.92 Å². The maximum absolute atomic E-state index is 11.6. The van der Waals surface area contributed by atoms with E-state index in [1.54, 1.807) is 0 Å². The summed E-state index contributed by atoms with van der Waals surface area (Å²) in [6, 6.07) is 0.870. The first-order valence-electron chi connectivity index (χ1n) is 7.09. The monoisotopic (exact) mass is 258 g/mol. The van der Waals surface area contributed by atoms with Gasteiger partial charge in [-0.05, 0) is 41.0 Å². The van der Waals surface area contributed by atoms with Gasteiger partial charge in [0.05, 0.1) is 6.61 Å². The van der Waals surface area contributed by atoms with Gasteiger partial charge in [0.1, 0.15) is 6.04 Å². The highest BCUT2D eigenvalue weighted by molar-refractivity contribution is 5.75. The van der Waals surface area contributed by atoms with E-state index in [-0.39, 0.29) is 12.0 Å². The Hall–Kier alpha value is -0.610. The van der Waals surface area contributed by atoms with Crippen molar-refractivity contribution < 1.29 is 9.53 Å². The summed E-state index contributed by atoms with van der Waals surface area (Å²) >= 11 is 0. The molecule has 4 heteroatoms. The van der Waals surface area contributed by atoms with E-state index in [9.17, 15) is 4.79 Å². The second-order valence-electron chi connectivity index (χ2n) is 5.09. The Morgan fingerprint density at radius 2 is 1.72 bits per heavy atom. The number of hydrogen-bond donors (Lipinski definition) is 1. The Morgan fingerprint density at radius 1 is 1.17 bits per heavy atom. The van der Waals surface area contributed by atoms with Crippen molar-refractivity contribution in [1.82, 2.24) is 10.2 Å². The summed E-state index contributed by atoms with van der Waals surface area (Å²) in [6.45, 7) is 14.8. The fourth-order valence-electron chi connectivity index (χ4n) is 2.12. The third-order valence-corrected chi connectivity index (χ3v) is 3.07. The first kappa shape index (κ1) is 17.4. The maximum atomic E-state index is 11.6. The van der Waals surface area contributed by atoms with E-state index in [0.717, 1.165) is 19.5 Å². The van der Waals surface area contributed by atoms with E-state index in [2.05, 4.69) is 37.9 Å². The molecule has 0 spiro atoms. The van der Waals surface area contributed by atoms with Crippen LogP contribution in [0.15, 0.2) is 0 Å².